The molecule has 0 spiro atoms. The second kappa shape index (κ2) is 9.73. The Morgan fingerprint density at radius 3 is 2.37 bits per heavy atom. The highest BCUT2D eigenvalue weighted by Gasteiger charge is 2.16. The Morgan fingerprint density at radius 1 is 1.26 bits per heavy atom. The molecule has 2 aromatic rings. The van der Waals surface area contributed by atoms with E-state index in [1.165, 1.54) is 12.7 Å². The summed E-state index contributed by atoms with van der Waals surface area (Å²) in [7, 11) is -4.16. The third-order valence-corrected chi connectivity index (χ3v) is 3.26. The lowest BCUT2D eigenvalue weighted by molar-refractivity contribution is -0.134. The summed E-state index contributed by atoms with van der Waals surface area (Å²) in [6.07, 6.45) is 2.97. The molecular weight excluding hydrogens is 385 g/mol. The smallest absolute Gasteiger partial charge is 0.350 e. The van der Waals surface area contributed by atoms with Gasteiger partial charge in [0.1, 0.15) is 18.2 Å². The number of fused-ring (bicyclic) bond motifs is 1. The molecule has 0 radical (unpaired) electrons. The lowest BCUT2D eigenvalue weighted by atomic mass is 10.4. The first-order valence-corrected chi connectivity index (χ1v) is 9.00. The summed E-state index contributed by atoms with van der Waals surface area (Å²) in [5, 5.41) is 15.6. The minimum absolute atomic E-state index is 0.285. The van der Waals surface area contributed by atoms with Gasteiger partial charge < -0.3 is 35.0 Å². The number of nitrogens with two attached hydrogens (primary N) is 1. The number of nitrogen functional groups attached to an aromatic ring is 1. The van der Waals surface area contributed by atoms with Crippen LogP contribution in [0.3, 0.4) is 0 Å². The van der Waals surface area contributed by atoms with E-state index in [4.69, 9.17) is 30.5 Å². The number of carboxylic acid groups (broad SMARTS) is 2. The fourth-order valence-corrected chi connectivity index (χ4v) is 2.18. The number of anilines is 1. The topological polar surface area (TPSA) is 211 Å². The summed E-state index contributed by atoms with van der Waals surface area (Å²) >= 11 is 0. The molecule has 0 aliphatic rings. The standard InChI is InChI=1S/C9H14N5O4P.C4H4O4/c1-6(18-5-19(15,16)17)2-14-4-13-7-8(10)11-3-12-9(7)14;5-3(6)1-2-4(7)8/h3-4,6H,2,5H2,1H3,(H2,10,11,12)(H2,15,16,17);1-2H,(H,5,6)(H,7,8)/b;2-1-. The number of rotatable bonds is 7. The van der Waals surface area contributed by atoms with Gasteiger partial charge in [-0.15, -0.1) is 0 Å². The first-order chi connectivity index (χ1) is 12.5. The summed E-state index contributed by atoms with van der Waals surface area (Å²) < 4.78 is 17.5. The third kappa shape index (κ3) is 8.37. The van der Waals surface area contributed by atoms with Gasteiger partial charge in [-0.1, -0.05) is 0 Å². The van der Waals surface area contributed by atoms with Crippen LogP contribution in [0.4, 0.5) is 5.82 Å². The molecule has 2 aromatic heterocycles. The van der Waals surface area contributed by atoms with E-state index in [2.05, 4.69) is 15.0 Å². The van der Waals surface area contributed by atoms with Gasteiger partial charge in [-0.25, -0.2) is 24.5 Å². The van der Waals surface area contributed by atoms with Crippen molar-refractivity contribution in [1.29, 1.82) is 0 Å². The minimum atomic E-state index is -4.16. The van der Waals surface area contributed by atoms with Gasteiger partial charge in [-0.2, -0.15) is 0 Å². The van der Waals surface area contributed by atoms with E-state index in [1.807, 2.05) is 0 Å². The Balaban J connectivity index is 0.000000387. The van der Waals surface area contributed by atoms with Crippen LogP contribution in [0.25, 0.3) is 11.2 Å². The molecule has 2 heterocycles. The van der Waals surface area contributed by atoms with Crippen LogP contribution >= 0.6 is 7.60 Å². The fourth-order valence-electron chi connectivity index (χ4n) is 1.73. The second-order valence-electron chi connectivity index (χ2n) is 5.11. The minimum Gasteiger partial charge on any atom is -0.478 e. The van der Waals surface area contributed by atoms with Crippen molar-refractivity contribution in [2.45, 2.75) is 19.6 Å². The van der Waals surface area contributed by atoms with E-state index in [-0.39, 0.29) is 5.82 Å². The van der Waals surface area contributed by atoms with Gasteiger partial charge in [0.25, 0.3) is 0 Å². The molecule has 0 amide bonds. The number of imidazole rings is 1. The van der Waals surface area contributed by atoms with E-state index in [0.29, 0.717) is 29.9 Å². The van der Waals surface area contributed by atoms with Crippen molar-refractivity contribution >= 4 is 36.5 Å². The quantitative estimate of drug-likeness (QED) is 0.297. The third-order valence-electron chi connectivity index (χ3n) is 2.78. The Kier molecular flexibility index (Phi) is 7.99. The highest BCUT2D eigenvalue weighted by molar-refractivity contribution is 7.51. The fraction of sp³-hybridized carbons (Fsp3) is 0.308. The predicted molar refractivity (Wildman–Crippen MR) is 91.6 cm³/mol. The van der Waals surface area contributed by atoms with E-state index < -0.39 is 32.0 Å². The summed E-state index contributed by atoms with van der Waals surface area (Å²) in [4.78, 5) is 48.5. The largest absolute Gasteiger partial charge is 0.478 e. The summed E-state index contributed by atoms with van der Waals surface area (Å²) in [5.41, 5.74) is 6.70. The van der Waals surface area contributed by atoms with Crippen molar-refractivity contribution in [2.24, 2.45) is 0 Å². The number of aromatic nitrogens is 4. The molecule has 0 bridgehead atoms. The molecule has 0 fully saturated rings. The molecule has 0 saturated heterocycles. The normalized spacial score (nSPS) is 12.6. The molecule has 13 nitrogen and oxygen atoms in total. The van der Waals surface area contributed by atoms with Crippen molar-refractivity contribution in [3.8, 4) is 0 Å². The van der Waals surface area contributed by atoms with Crippen LogP contribution in [0.1, 0.15) is 6.92 Å². The zero-order valence-electron chi connectivity index (χ0n) is 14.0. The monoisotopic (exact) mass is 403 g/mol. The van der Waals surface area contributed by atoms with E-state index in [0.717, 1.165) is 0 Å². The molecule has 6 N–H and O–H groups in total. The average Bonchev–Trinajstić information content (AvgIpc) is 2.95. The van der Waals surface area contributed by atoms with Crippen molar-refractivity contribution in [2.75, 3.05) is 12.1 Å². The van der Waals surface area contributed by atoms with Gasteiger partial charge in [0.05, 0.1) is 19.0 Å². The van der Waals surface area contributed by atoms with Crippen LogP contribution in [-0.4, -0.2) is 63.9 Å². The zero-order chi connectivity index (χ0) is 20.6. The number of aliphatic carboxylic acids is 2. The summed E-state index contributed by atoms with van der Waals surface area (Å²) in [6.45, 7) is 2.05. The molecule has 0 aromatic carbocycles. The van der Waals surface area contributed by atoms with Crippen LogP contribution in [-0.2, 0) is 25.4 Å². The summed E-state index contributed by atoms with van der Waals surface area (Å²) in [6, 6.07) is 0. The summed E-state index contributed by atoms with van der Waals surface area (Å²) in [5.74, 6) is -2.23. The van der Waals surface area contributed by atoms with Crippen LogP contribution in [0, 0.1) is 0 Å². The van der Waals surface area contributed by atoms with E-state index >= 15 is 0 Å². The van der Waals surface area contributed by atoms with E-state index in [9.17, 15) is 14.2 Å². The first-order valence-electron chi connectivity index (χ1n) is 7.21. The number of nitrogens with zero attached hydrogens (tertiary/aromatic N) is 4. The van der Waals surface area contributed by atoms with E-state index in [1.54, 1.807) is 11.5 Å². The number of carbonyl (C=O) groups is 2. The molecule has 1 unspecified atom stereocenters. The van der Waals surface area contributed by atoms with Gasteiger partial charge in [0.15, 0.2) is 11.5 Å². The maximum Gasteiger partial charge on any atom is 0.350 e. The molecule has 0 aliphatic heterocycles. The maximum atomic E-state index is 10.7. The Hall–Kier alpha value is -2.86. The number of hydrogen-bond donors (Lipinski definition) is 5. The molecule has 148 valence electrons. The van der Waals surface area contributed by atoms with Crippen molar-refractivity contribution in [1.82, 2.24) is 19.5 Å². The molecule has 14 heteroatoms. The molecular formula is C13H18N5O8P. The Labute approximate surface area is 152 Å². The molecule has 0 saturated carbocycles. The number of carboxylic acids is 2. The van der Waals surface area contributed by atoms with Crippen molar-refractivity contribution < 1.29 is 38.9 Å². The maximum absolute atomic E-state index is 10.7. The van der Waals surface area contributed by atoms with Gasteiger partial charge in [-0.05, 0) is 6.92 Å². The molecule has 1 atom stereocenters. The first kappa shape index (κ1) is 22.2. The molecule has 2 rings (SSSR count). The molecule has 27 heavy (non-hydrogen) atoms. The lowest BCUT2D eigenvalue weighted by Gasteiger charge is -2.14. The zero-order valence-corrected chi connectivity index (χ0v) is 14.9. The Morgan fingerprint density at radius 2 is 1.85 bits per heavy atom. The van der Waals surface area contributed by atoms with Gasteiger partial charge >= 0.3 is 19.5 Å². The highest BCUT2D eigenvalue weighted by atomic mass is 31.2. The second-order valence-corrected chi connectivity index (χ2v) is 6.70. The van der Waals surface area contributed by atoms with Gasteiger partial charge in [0, 0.05) is 12.2 Å². The predicted octanol–water partition coefficient (Wildman–Crippen LogP) is -0.339. The SMILES string of the molecule is CC(Cn1cnc2c(N)ncnc21)OCP(=O)(O)O.O=C(O)/C=C\C(=O)O. The molecule has 0 aliphatic carbocycles. The van der Waals surface area contributed by atoms with Gasteiger partial charge in [0.2, 0.25) is 0 Å². The van der Waals surface area contributed by atoms with Crippen molar-refractivity contribution in [3.05, 3.63) is 24.8 Å². The lowest BCUT2D eigenvalue weighted by Crippen LogP contribution is -2.17. The Bertz CT molecular complexity index is 861. The van der Waals surface area contributed by atoms with Crippen molar-refractivity contribution in [3.63, 3.8) is 0 Å². The van der Waals surface area contributed by atoms with Crippen LogP contribution in [0.5, 0.6) is 0 Å². The number of ether oxygens (including phenoxy) is 1. The van der Waals surface area contributed by atoms with Gasteiger partial charge in [-0.3, -0.25) is 4.57 Å². The van der Waals surface area contributed by atoms with Crippen LogP contribution in [0.2, 0.25) is 0 Å². The number of hydrogen-bond acceptors (Lipinski definition) is 8. The average molecular weight is 403 g/mol. The van der Waals surface area contributed by atoms with Crippen LogP contribution in [0.15, 0.2) is 24.8 Å². The highest BCUT2D eigenvalue weighted by Crippen LogP contribution is 2.34. The van der Waals surface area contributed by atoms with Crippen LogP contribution < -0.4 is 5.73 Å².